The lowest BCUT2D eigenvalue weighted by Gasteiger charge is -2.25. The number of benzene rings is 1. The highest BCUT2D eigenvalue weighted by Gasteiger charge is 2.51. The summed E-state index contributed by atoms with van der Waals surface area (Å²) < 4.78 is 1.87. The highest BCUT2D eigenvalue weighted by atomic mass is 16.2. The van der Waals surface area contributed by atoms with Crippen molar-refractivity contribution in [2.75, 3.05) is 0 Å². The molecule has 1 atom stereocenters. The van der Waals surface area contributed by atoms with Gasteiger partial charge in [0, 0.05) is 12.4 Å². The number of pyridine rings is 1. The van der Waals surface area contributed by atoms with Crippen LogP contribution in [0.15, 0.2) is 60.9 Å². The van der Waals surface area contributed by atoms with Gasteiger partial charge in [-0.05, 0) is 24.1 Å². The number of imidazole rings is 1. The number of hydrogen-bond donors (Lipinski definition) is 1. The van der Waals surface area contributed by atoms with E-state index < -0.39 is 5.54 Å². The van der Waals surface area contributed by atoms with Crippen molar-refractivity contribution in [3.63, 3.8) is 0 Å². The minimum atomic E-state index is -1.00. The number of hydrogen-bond acceptors (Lipinski definition) is 3. The summed E-state index contributed by atoms with van der Waals surface area (Å²) in [5.41, 5.74) is 1.26. The predicted octanol–water partition coefficient (Wildman–Crippen LogP) is 2.69. The van der Waals surface area contributed by atoms with E-state index in [9.17, 15) is 9.59 Å². The highest BCUT2D eigenvalue weighted by molar-refractivity contribution is 6.07. The number of urea groups is 1. The molecular weight excluding hydrogens is 316 g/mol. The summed E-state index contributed by atoms with van der Waals surface area (Å²) in [7, 11) is 0. The summed E-state index contributed by atoms with van der Waals surface area (Å²) in [5.74, 6) is -0.233. The maximum atomic E-state index is 13.1. The van der Waals surface area contributed by atoms with Gasteiger partial charge in [0.25, 0.3) is 5.91 Å². The Hall–Kier alpha value is -3.15. The molecule has 0 spiro atoms. The number of nitrogens with one attached hydrogen (secondary N) is 1. The fourth-order valence-corrected chi connectivity index (χ4v) is 3.36. The Bertz CT molecular complexity index is 917. The van der Waals surface area contributed by atoms with Gasteiger partial charge < -0.3 is 9.72 Å². The number of rotatable bonds is 4. The molecule has 126 valence electrons. The van der Waals surface area contributed by atoms with Gasteiger partial charge in [-0.2, -0.15) is 0 Å². The second-order valence-corrected chi connectivity index (χ2v) is 6.14. The van der Waals surface area contributed by atoms with Crippen molar-refractivity contribution in [1.29, 1.82) is 0 Å². The Morgan fingerprint density at radius 2 is 1.84 bits per heavy atom. The molecule has 3 amide bonds. The van der Waals surface area contributed by atoms with Crippen LogP contribution in [-0.4, -0.2) is 26.2 Å². The summed E-state index contributed by atoms with van der Waals surface area (Å²) in [6.07, 6.45) is 4.21. The topological polar surface area (TPSA) is 66.7 Å². The minimum absolute atomic E-state index is 0.154. The molecule has 1 aliphatic heterocycles. The second-order valence-electron chi connectivity index (χ2n) is 6.14. The van der Waals surface area contributed by atoms with E-state index in [2.05, 4.69) is 10.3 Å². The van der Waals surface area contributed by atoms with Gasteiger partial charge in [-0.3, -0.25) is 9.69 Å². The average Bonchev–Trinajstić information content (AvgIpc) is 3.16. The van der Waals surface area contributed by atoms with Gasteiger partial charge in [-0.1, -0.05) is 43.3 Å². The van der Waals surface area contributed by atoms with Crippen LogP contribution in [0, 0.1) is 0 Å². The summed E-state index contributed by atoms with van der Waals surface area (Å²) in [5, 5.41) is 2.89. The third-order valence-electron chi connectivity index (χ3n) is 4.71. The van der Waals surface area contributed by atoms with Crippen LogP contribution in [-0.2, 0) is 16.9 Å². The van der Waals surface area contributed by atoms with Crippen LogP contribution in [0.1, 0.15) is 24.6 Å². The number of nitrogens with zero attached hydrogens (tertiary/aromatic N) is 3. The first kappa shape index (κ1) is 15.4. The van der Waals surface area contributed by atoms with Gasteiger partial charge in [0.1, 0.15) is 11.2 Å². The lowest BCUT2D eigenvalue weighted by atomic mass is 9.87. The van der Waals surface area contributed by atoms with Crippen molar-refractivity contribution in [2.24, 2.45) is 0 Å². The predicted molar refractivity (Wildman–Crippen MR) is 92.7 cm³/mol. The van der Waals surface area contributed by atoms with E-state index in [0.717, 1.165) is 11.2 Å². The van der Waals surface area contributed by atoms with E-state index in [-0.39, 0.29) is 18.5 Å². The van der Waals surface area contributed by atoms with Gasteiger partial charge in [0.05, 0.1) is 12.2 Å². The monoisotopic (exact) mass is 334 g/mol. The average molecular weight is 334 g/mol. The van der Waals surface area contributed by atoms with Gasteiger partial charge in [0.15, 0.2) is 0 Å². The van der Waals surface area contributed by atoms with Gasteiger partial charge in [-0.25, -0.2) is 9.78 Å². The SMILES string of the molecule is CCC1(c2ccccc2)NC(=O)N(Cc2cn3ccccc3n2)C1=O. The number of carbonyl (C=O) groups excluding carboxylic acids is 2. The molecule has 0 aliphatic carbocycles. The highest BCUT2D eigenvalue weighted by Crippen LogP contribution is 2.33. The smallest absolute Gasteiger partial charge is 0.319 e. The molecule has 2 aromatic heterocycles. The molecule has 3 heterocycles. The molecule has 6 nitrogen and oxygen atoms in total. The van der Waals surface area contributed by atoms with Crippen molar-refractivity contribution < 1.29 is 9.59 Å². The zero-order valence-corrected chi connectivity index (χ0v) is 13.8. The van der Waals surface area contributed by atoms with E-state index in [4.69, 9.17) is 0 Å². The quantitative estimate of drug-likeness (QED) is 0.746. The van der Waals surface area contributed by atoms with Crippen LogP contribution >= 0.6 is 0 Å². The lowest BCUT2D eigenvalue weighted by molar-refractivity contribution is -0.132. The Morgan fingerprint density at radius 3 is 2.56 bits per heavy atom. The molecular formula is C19H18N4O2. The van der Waals surface area contributed by atoms with Crippen molar-refractivity contribution in [1.82, 2.24) is 19.6 Å². The zero-order valence-electron chi connectivity index (χ0n) is 13.8. The molecule has 1 saturated heterocycles. The molecule has 6 heteroatoms. The van der Waals surface area contributed by atoms with Crippen LogP contribution in [0.4, 0.5) is 4.79 Å². The van der Waals surface area contributed by atoms with E-state index >= 15 is 0 Å². The largest absolute Gasteiger partial charge is 0.325 e. The van der Waals surface area contributed by atoms with Crippen molar-refractivity contribution in [3.8, 4) is 0 Å². The summed E-state index contributed by atoms with van der Waals surface area (Å²) in [6.45, 7) is 2.06. The molecule has 1 fully saturated rings. The maximum absolute atomic E-state index is 13.1. The van der Waals surface area contributed by atoms with Crippen LogP contribution in [0.2, 0.25) is 0 Å². The first-order valence-electron chi connectivity index (χ1n) is 8.26. The molecule has 0 radical (unpaired) electrons. The number of fused-ring (bicyclic) bond motifs is 1. The normalized spacial score (nSPS) is 20.3. The minimum Gasteiger partial charge on any atom is -0.319 e. The lowest BCUT2D eigenvalue weighted by Crippen LogP contribution is -2.43. The molecule has 1 N–H and O–H groups in total. The number of imide groups is 1. The molecule has 3 aromatic rings. The van der Waals surface area contributed by atoms with Gasteiger partial charge in [-0.15, -0.1) is 0 Å². The fourth-order valence-electron chi connectivity index (χ4n) is 3.36. The Labute approximate surface area is 145 Å². The Morgan fingerprint density at radius 1 is 1.08 bits per heavy atom. The van der Waals surface area contributed by atoms with E-state index in [1.54, 1.807) is 0 Å². The van der Waals surface area contributed by atoms with Crippen molar-refractivity contribution in [3.05, 3.63) is 72.2 Å². The molecule has 1 unspecified atom stereocenters. The first-order chi connectivity index (χ1) is 12.1. The van der Waals surface area contributed by atoms with Gasteiger partial charge >= 0.3 is 6.03 Å². The van der Waals surface area contributed by atoms with E-state index in [0.29, 0.717) is 12.1 Å². The second kappa shape index (κ2) is 5.73. The van der Waals surface area contributed by atoms with E-state index in [1.807, 2.05) is 72.2 Å². The fraction of sp³-hybridized carbons (Fsp3) is 0.211. The van der Waals surface area contributed by atoms with Crippen LogP contribution in [0.5, 0.6) is 0 Å². The Balaban J connectivity index is 1.67. The van der Waals surface area contributed by atoms with Crippen LogP contribution in [0.3, 0.4) is 0 Å². The maximum Gasteiger partial charge on any atom is 0.325 e. The molecule has 0 bridgehead atoms. The third-order valence-corrected chi connectivity index (χ3v) is 4.71. The van der Waals surface area contributed by atoms with E-state index in [1.165, 1.54) is 4.90 Å². The molecule has 1 aliphatic rings. The van der Waals surface area contributed by atoms with Crippen molar-refractivity contribution in [2.45, 2.75) is 25.4 Å². The molecule has 1 aromatic carbocycles. The summed E-state index contributed by atoms with van der Waals surface area (Å²) in [4.78, 5) is 31.3. The summed E-state index contributed by atoms with van der Waals surface area (Å²) in [6, 6.07) is 14.7. The number of carbonyl (C=O) groups is 2. The molecule has 25 heavy (non-hydrogen) atoms. The number of aromatic nitrogens is 2. The van der Waals surface area contributed by atoms with Gasteiger partial charge in [0.2, 0.25) is 0 Å². The standard InChI is InChI=1S/C19H18N4O2/c1-2-19(14-8-4-3-5-9-14)17(24)23(18(25)21-19)13-15-12-22-11-7-6-10-16(22)20-15/h3-12H,2,13H2,1H3,(H,21,25). The molecule has 4 rings (SSSR count). The number of amides is 3. The van der Waals surface area contributed by atoms with Crippen molar-refractivity contribution >= 4 is 17.6 Å². The third kappa shape index (κ3) is 2.38. The molecule has 0 saturated carbocycles. The van der Waals surface area contributed by atoms with Crippen LogP contribution in [0.25, 0.3) is 5.65 Å². The zero-order chi connectivity index (χ0) is 17.4. The van der Waals surface area contributed by atoms with Crippen LogP contribution < -0.4 is 5.32 Å². The summed E-state index contributed by atoms with van der Waals surface area (Å²) >= 11 is 0. The first-order valence-corrected chi connectivity index (χ1v) is 8.26. The Kier molecular flexibility index (Phi) is 3.53.